The lowest BCUT2D eigenvalue weighted by molar-refractivity contribution is 0.0798. The van der Waals surface area contributed by atoms with Crippen LogP contribution >= 0.6 is 11.8 Å². The smallest absolute Gasteiger partial charge is 0.00446 e. The number of hydrogen-bond acceptors (Lipinski definition) is 1. The molecule has 0 aromatic carbocycles. The van der Waals surface area contributed by atoms with Crippen molar-refractivity contribution in [3.8, 4) is 0 Å². The Morgan fingerprint density at radius 2 is 1.73 bits per heavy atom. The molecule has 0 aromatic heterocycles. The molecule has 0 N–H and O–H groups in total. The third-order valence-electron chi connectivity index (χ3n) is 3.74. The molecule has 0 heterocycles. The van der Waals surface area contributed by atoms with E-state index in [1.165, 1.54) is 19.3 Å². The largest absolute Gasteiger partial charge is 0.162 e. The average Bonchev–Trinajstić information content (AvgIpc) is 2.02. The van der Waals surface area contributed by atoms with Gasteiger partial charge in [0.15, 0.2) is 0 Å². The zero-order valence-electron chi connectivity index (χ0n) is 7.44. The van der Waals surface area contributed by atoms with E-state index in [0.29, 0.717) is 0 Å². The summed E-state index contributed by atoms with van der Waals surface area (Å²) >= 11 is 2.08. The van der Waals surface area contributed by atoms with Crippen molar-refractivity contribution in [2.45, 2.75) is 50.2 Å². The Morgan fingerprint density at radius 1 is 1.09 bits per heavy atom. The molecule has 1 spiro atoms. The van der Waals surface area contributed by atoms with Crippen molar-refractivity contribution in [2.75, 3.05) is 6.26 Å². The SMILES string of the molecule is CSC1CCC2(CCC2)CC1. The summed E-state index contributed by atoms with van der Waals surface area (Å²) in [5.74, 6) is 0. The number of thioether (sulfide) groups is 1. The van der Waals surface area contributed by atoms with Gasteiger partial charge in [-0.2, -0.15) is 11.8 Å². The van der Waals surface area contributed by atoms with Crippen molar-refractivity contribution in [1.29, 1.82) is 0 Å². The van der Waals surface area contributed by atoms with Gasteiger partial charge in [-0.15, -0.1) is 0 Å². The van der Waals surface area contributed by atoms with E-state index in [4.69, 9.17) is 0 Å². The van der Waals surface area contributed by atoms with Crippen LogP contribution in [0.3, 0.4) is 0 Å². The molecule has 0 radical (unpaired) electrons. The van der Waals surface area contributed by atoms with Crippen LogP contribution in [0.15, 0.2) is 0 Å². The van der Waals surface area contributed by atoms with E-state index in [-0.39, 0.29) is 0 Å². The highest BCUT2D eigenvalue weighted by molar-refractivity contribution is 7.99. The minimum Gasteiger partial charge on any atom is -0.162 e. The third kappa shape index (κ3) is 1.44. The predicted molar refractivity (Wildman–Crippen MR) is 52.1 cm³/mol. The van der Waals surface area contributed by atoms with Crippen LogP contribution in [0.5, 0.6) is 0 Å². The van der Waals surface area contributed by atoms with Crippen LogP contribution < -0.4 is 0 Å². The molecule has 0 unspecified atom stereocenters. The number of rotatable bonds is 1. The molecular weight excluding hydrogens is 152 g/mol. The second-order valence-electron chi connectivity index (χ2n) is 4.29. The quantitative estimate of drug-likeness (QED) is 0.580. The summed E-state index contributed by atoms with van der Waals surface area (Å²) in [6, 6.07) is 0. The Morgan fingerprint density at radius 3 is 2.09 bits per heavy atom. The van der Waals surface area contributed by atoms with Gasteiger partial charge in [0.05, 0.1) is 0 Å². The Hall–Kier alpha value is 0.350. The molecule has 0 amide bonds. The Bertz CT molecular complexity index is 128. The molecule has 0 bridgehead atoms. The fraction of sp³-hybridized carbons (Fsp3) is 1.00. The molecule has 1 heteroatoms. The molecule has 0 nitrogen and oxygen atoms in total. The zero-order valence-corrected chi connectivity index (χ0v) is 8.25. The van der Waals surface area contributed by atoms with Gasteiger partial charge in [0.1, 0.15) is 0 Å². The minimum absolute atomic E-state index is 0.867. The van der Waals surface area contributed by atoms with Crippen LogP contribution in [-0.4, -0.2) is 11.5 Å². The summed E-state index contributed by atoms with van der Waals surface area (Å²) in [7, 11) is 0. The number of hydrogen-bond donors (Lipinski definition) is 0. The summed E-state index contributed by atoms with van der Waals surface area (Å²) < 4.78 is 0. The van der Waals surface area contributed by atoms with Gasteiger partial charge in [-0.25, -0.2) is 0 Å². The summed E-state index contributed by atoms with van der Waals surface area (Å²) in [5.41, 5.74) is 0.867. The molecule has 0 atom stereocenters. The van der Waals surface area contributed by atoms with Crippen LogP contribution in [0.4, 0.5) is 0 Å². The van der Waals surface area contributed by atoms with Gasteiger partial charge < -0.3 is 0 Å². The standard InChI is InChI=1S/C10H18S/c1-11-9-3-7-10(8-4-9)5-2-6-10/h9H,2-8H2,1H3. The fourth-order valence-electron chi connectivity index (χ4n) is 2.62. The lowest BCUT2D eigenvalue weighted by atomic mass is 9.61. The lowest BCUT2D eigenvalue weighted by Crippen LogP contribution is -2.34. The maximum Gasteiger partial charge on any atom is 0.00446 e. The van der Waals surface area contributed by atoms with Crippen LogP contribution in [0.25, 0.3) is 0 Å². The highest BCUT2D eigenvalue weighted by Gasteiger charge is 2.39. The van der Waals surface area contributed by atoms with Gasteiger partial charge in [0.25, 0.3) is 0 Å². The average molecular weight is 170 g/mol. The van der Waals surface area contributed by atoms with E-state index in [9.17, 15) is 0 Å². The highest BCUT2D eigenvalue weighted by Crippen LogP contribution is 2.52. The Kier molecular flexibility index (Phi) is 2.18. The van der Waals surface area contributed by atoms with Gasteiger partial charge in [-0.1, -0.05) is 6.42 Å². The molecule has 2 rings (SSSR count). The first-order chi connectivity index (χ1) is 5.35. The van der Waals surface area contributed by atoms with Crippen LogP contribution in [-0.2, 0) is 0 Å². The van der Waals surface area contributed by atoms with Crippen molar-refractivity contribution < 1.29 is 0 Å². The summed E-state index contributed by atoms with van der Waals surface area (Å²) in [6.45, 7) is 0. The second kappa shape index (κ2) is 3.01. The summed E-state index contributed by atoms with van der Waals surface area (Å²) in [5, 5.41) is 1.00. The van der Waals surface area contributed by atoms with Gasteiger partial charge in [-0.3, -0.25) is 0 Å². The first kappa shape index (κ1) is 7.97. The van der Waals surface area contributed by atoms with Crippen molar-refractivity contribution in [2.24, 2.45) is 5.41 Å². The van der Waals surface area contributed by atoms with E-state index < -0.39 is 0 Å². The van der Waals surface area contributed by atoms with E-state index >= 15 is 0 Å². The molecule has 2 aliphatic carbocycles. The molecule has 64 valence electrons. The third-order valence-corrected chi connectivity index (χ3v) is 4.88. The molecular formula is C10H18S. The van der Waals surface area contributed by atoms with Gasteiger partial charge >= 0.3 is 0 Å². The van der Waals surface area contributed by atoms with Crippen LogP contribution in [0.1, 0.15) is 44.9 Å². The topological polar surface area (TPSA) is 0 Å². The molecule has 0 aromatic rings. The van der Waals surface area contributed by atoms with Gasteiger partial charge in [0.2, 0.25) is 0 Å². The molecule has 2 fully saturated rings. The van der Waals surface area contributed by atoms with Crippen LogP contribution in [0.2, 0.25) is 0 Å². The highest BCUT2D eigenvalue weighted by atomic mass is 32.2. The monoisotopic (exact) mass is 170 g/mol. The zero-order chi connectivity index (χ0) is 7.73. The molecule has 11 heavy (non-hydrogen) atoms. The Labute approximate surface area is 74.1 Å². The summed E-state index contributed by atoms with van der Waals surface area (Å²) in [6.07, 6.45) is 13.0. The van der Waals surface area contributed by atoms with E-state index in [1.54, 1.807) is 25.7 Å². The molecule has 2 saturated carbocycles. The maximum absolute atomic E-state index is 2.27. The summed E-state index contributed by atoms with van der Waals surface area (Å²) in [4.78, 5) is 0. The van der Waals surface area contributed by atoms with Crippen molar-refractivity contribution in [3.05, 3.63) is 0 Å². The van der Waals surface area contributed by atoms with Crippen molar-refractivity contribution in [3.63, 3.8) is 0 Å². The molecule has 2 aliphatic rings. The van der Waals surface area contributed by atoms with Gasteiger partial charge in [0, 0.05) is 5.25 Å². The first-order valence-electron chi connectivity index (χ1n) is 4.87. The minimum atomic E-state index is 0.867. The van der Waals surface area contributed by atoms with E-state index in [2.05, 4.69) is 18.0 Å². The predicted octanol–water partition coefficient (Wildman–Crippen LogP) is 3.46. The van der Waals surface area contributed by atoms with Gasteiger partial charge in [-0.05, 0) is 50.2 Å². The van der Waals surface area contributed by atoms with E-state index in [1.807, 2.05) is 0 Å². The van der Waals surface area contributed by atoms with Crippen LogP contribution in [0, 0.1) is 5.41 Å². The van der Waals surface area contributed by atoms with Crippen molar-refractivity contribution >= 4 is 11.8 Å². The first-order valence-corrected chi connectivity index (χ1v) is 6.16. The normalized spacial score (nSPS) is 30.3. The second-order valence-corrected chi connectivity index (χ2v) is 5.43. The van der Waals surface area contributed by atoms with Crippen molar-refractivity contribution in [1.82, 2.24) is 0 Å². The van der Waals surface area contributed by atoms with E-state index in [0.717, 1.165) is 10.7 Å². The fourth-order valence-corrected chi connectivity index (χ4v) is 3.32. The lowest BCUT2D eigenvalue weighted by Gasteiger charge is -2.46. The Balaban J connectivity index is 1.84. The molecule has 0 aliphatic heterocycles. The maximum atomic E-state index is 2.27. The molecule has 0 saturated heterocycles.